The number of benzene rings is 1. The van der Waals surface area contributed by atoms with Crippen molar-refractivity contribution < 1.29 is 14.3 Å². The van der Waals surface area contributed by atoms with Gasteiger partial charge in [0.15, 0.2) is 0 Å². The molecule has 0 radical (unpaired) electrons. The van der Waals surface area contributed by atoms with E-state index in [9.17, 15) is 9.59 Å². The van der Waals surface area contributed by atoms with Gasteiger partial charge < -0.3 is 10.1 Å². The van der Waals surface area contributed by atoms with Crippen molar-refractivity contribution >= 4 is 23.4 Å². The van der Waals surface area contributed by atoms with E-state index in [-0.39, 0.29) is 11.8 Å². The molecule has 1 aromatic rings. The zero-order valence-electron chi connectivity index (χ0n) is 12.6. The number of nitrogens with one attached hydrogen (secondary N) is 2. The molecule has 20 heavy (non-hydrogen) atoms. The predicted molar refractivity (Wildman–Crippen MR) is 79.8 cm³/mol. The molecule has 0 spiro atoms. The van der Waals surface area contributed by atoms with Crippen molar-refractivity contribution in [1.82, 2.24) is 0 Å². The van der Waals surface area contributed by atoms with Crippen LogP contribution in [-0.2, 0) is 9.53 Å². The summed E-state index contributed by atoms with van der Waals surface area (Å²) in [5, 5.41) is 5.40. The highest BCUT2D eigenvalue weighted by atomic mass is 16.6. The van der Waals surface area contributed by atoms with Crippen LogP contribution in [0.3, 0.4) is 0 Å². The van der Waals surface area contributed by atoms with E-state index in [1.54, 1.807) is 58.9 Å². The summed E-state index contributed by atoms with van der Waals surface area (Å²) in [4.78, 5) is 23.5. The summed E-state index contributed by atoms with van der Waals surface area (Å²) in [6, 6.07) is 7.00. The molecule has 0 aromatic heterocycles. The van der Waals surface area contributed by atoms with Crippen molar-refractivity contribution in [2.45, 2.75) is 40.2 Å². The molecule has 0 unspecified atom stereocenters. The minimum Gasteiger partial charge on any atom is -0.444 e. The van der Waals surface area contributed by atoms with Gasteiger partial charge in [0.1, 0.15) is 5.60 Å². The Bertz CT molecular complexity index is 490. The first-order valence-corrected chi connectivity index (χ1v) is 6.59. The zero-order chi connectivity index (χ0) is 15.3. The Morgan fingerprint density at radius 3 is 2.00 bits per heavy atom. The number of carbonyl (C=O) groups is 2. The van der Waals surface area contributed by atoms with Crippen LogP contribution in [-0.4, -0.2) is 17.6 Å². The highest BCUT2D eigenvalue weighted by molar-refractivity contribution is 5.98. The van der Waals surface area contributed by atoms with Gasteiger partial charge in [0.05, 0.1) is 11.4 Å². The van der Waals surface area contributed by atoms with Gasteiger partial charge in [-0.05, 0) is 32.9 Å². The molecule has 0 bridgehead atoms. The van der Waals surface area contributed by atoms with E-state index in [2.05, 4.69) is 10.6 Å². The molecule has 0 fully saturated rings. The van der Waals surface area contributed by atoms with Crippen molar-refractivity contribution in [3.05, 3.63) is 24.3 Å². The number of carbonyl (C=O) groups excluding carboxylic acids is 2. The fourth-order valence-corrected chi connectivity index (χ4v) is 1.39. The Labute approximate surface area is 119 Å². The molecule has 2 N–H and O–H groups in total. The van der Waals surface area contributed by atoms with Crippen molar-refractivity contribution in [3.63, 3.8) is 0 Å². The average Bonchev–Trinajstić information content (AvgIpc) is 2.28. The summed E-state index contributed by atoms with van der Waals surface area (Å²) >= 11 is 0. The van der Waals surface area contributed by atoms with Crippen molar-refractivity contribution in [2.75, 3.05) is 10.6 Å². The van der Waals surface area contributed by atoms with Crippen LogP contribution in [0.1, 0.15) is 34.6 Å². The Hall–Kier alpha value is -2.04. The Morgan fingerprint density at radius 1 is 1.05 bits per heavy atom. The number of ether oxygens (including phenoxy) is 1. The van der Waals surface area contributed by atoms with Crippen LogP contribution in [0.5, 0.6) is 0 Å². The van der Waals surface area contributed by atoms with Gasteiger partial charge in [-0.25, -0.2) is 4.79 Å². The van der Waals surface area contributed by atoms with E-state index >= 15 is 0 Å². The second-order valence-corrected chi connectivity index (χ2v) is 5.82. The molecule has 110 valence electrons. The summed E-state index contributed by atoms with van der Waals surface area (Å²) in [6.45, 7) is 8.98. The first-order valence-electron chi connectivity index (χ1n) is 6.59. The van der Waals surface area contributed by atoms with Crippen LogP contribution in [0, 0.1) is 5.92 Å². The van der Waals surface area contributed by atoms with E-state index < -0.39 is 11.7 Å². The summed E-state index contributed by atoms with van der Waals surface area (Å²) in [5.74, 6) is -0.243. The zero-order valence-corrected chi connectivity index (χ0v) is 12.6. The molecule has 0 saturated heterocycles. The van der Waals surface area contributed by atoms with Crippen LogP contribution < -0.4 is 10.6 Å². The van der Waals surface area contributed by atoms with E-state index in [0.717, 1.165) is 0 Å². The van der Waals surface area contributed by atoms with Crippen LogP contribution in [0.15, 0.2) is 24.3 Å². The molecule has 1 aromatic carbocycles. The first kappa shape index (κ1) is 16.0. The van der Waals surface area contributed by atoms with Gasteiger partial charge in [0.25, 0.3) is 0 Å². The third-order valence-corrected chi connectivity index (χ3v) is 2.34. The minimum absolute atomic E-state index is 0.108. The van der Waals surface area contributed by atoms with Crippen molar-refractivity contribution in [2.24, 2.45) is 5.92 Å². The Kier molecular flexibility index (Phi) is 5.13. The van der Waals surface area contributed by atoms with E-state index in [0.29, 0.717) is 11.4 Å². The number of rotatable bonds is 3. The number of para-hydroxylation sites is 2. The van der Waals surface area contributed by atoms with Gasteiger partial charge in [-0.1, -0.05) is 26.0 Å². The predicted octanol–water partition coefficient (Wildman–Crippen LogP) is 3.63. The lowest BCUT2D eigenvalue weighted by molar-refractivity contribution is -0.118. The molecular weight excluding hydrogens is 256 g/mol. The van der Waals surface area contributed by atoms with Gasteiger partial charge in [-0.2, -0.15) is 0 Å². The molecule has 0 saturated carbocycles. The van der Waals surface area contributed by atoms with Crippen molar-refractivity contribution in [1.29, 1.82) is 0 Å². The van der Waals surface area contributed by atoms with Crippen LogP contribution in [0.25, 0.3) is 0 Å². The molecule has 0 aliphatic heterocycles. The fourth-order valence-electron chi connectivity index (χ4n) is 1.39. The van der Waals surface area contributed by atoms with Gasteiger partial charge in [-0.3, -0.25) is 10.1 Å². The maximum atomic E-state index is 11.8. The third kappa shape index (κ3) is 5.30. The maximum absolute atomic E-state index is 11.8. The summed E-state index contributed by atoms with van der Waals surface area (Å²) in [5.41, 5.74) is 0.494. The molecule has 0 atom stereocenters. The molecule has 0 heterocycles. The molecule has 5 nitrogen and oxygen atoms in total. The molecule has 2 amide bonds. The van der Waals surface area contributed by atoms with Gasteiger partial charge >= 0.3 is 6.09 Å². The van der Waals surface area contributed by atoms with Gasteiger partial charge in [0.2, 0.25) is 5.91 Å². The van der Waals surface area contributed by atoms with Gasteiger partial charge in [-0.15, -0.1) is 0 Å². The molecule has 5 heteroatoms. The summed E-state index contributed by atoms with van der Waals surface area (Å²) in [7, 11) is 0. The SMILES string of the molecule is CC(C)C(=O)Nc1ccccc1NC(=O)OC(C)(C)C. The number of hydrogen-bond acceptors (Lipinski definition) is 3. The van der Waals surface area contributed by atoms with E-state index in [4.69, 9.17) is 4.74 Å². The number of hydrogen-bond donors (Lipinski definition) is 2. The molecule has 1 rings (SSSR count). The standard InChI is InChI=1S/C15H22N2O3/c1-10(2)13(18)16-11-8-6-7-9-12(11)17-14(19)20-15(3,4)5/h6-10H,1-5H3,(H,16,18)(H,17,19). The topological polar surface area (TPSA) is 67.4 Å². The normalized spacial score (nSPS) is 11.1. The molecular formula is C15H22N2O3. The van der Waals surface area contributed by atoms with Crippen LogP contribution in [0.4, 0.5) is 16.2 Å². The van der Waals surface area contributed by atoms with Gasteiger partial charge in [0, 0.05) is 5.92 Å². The lowest BCUT2D eigenvalue weighted by atomic mass is 10.2. The molecule has 0 aliphatic carbocycles. The smallest absolute Gasteiger partial charge is 0.412 e. The monoisotopic (exact) mass is 278 g/mol. The second kappa shape index (κ2) is 6.41. The largest absolute Gasteiger partial charge is 0.444 e. The van der Waals surface area contributed by atoms with Crippen LogP contribution >= 0.6 is 0 Å². The van der Waals surface area contributed by atoms with Crippen LogP contribution in [0.2, 0.25) is 0 Å². The fraction of sp³-hybridized carbons (Fsp3) is 0.467. The number of anilines is 2. The highest BCUT2D eigenvalue weighted by Crippen LogP contribution is 2.22. The average molecular weight is 278 g/mol. The Morgan fingerprint density at radius 2 is 1.55 bits per heavy atom. The quantitative estimate of drug-likeness (QED) is 0.887. The van der Waals surface area contributed by atoms with E-state index in [1.165, 1.54) is 0 Å². The second-order valence-electron chi connectivity index (χ2n) is 5.82. The minimum atomic E-state index is -0.569. The summed E-state index contributed by atoms with van der Waals surface area (Å²) < 4.78 is 5.19. The lowest BCUT2D eigenvalue weighted by Gasteiger charge is -2.20. The third-order valence-electron chi connectivity index (χ3n) is 2.34. The summed E-state index contributed by atoms with van der Waals surface area (Å²) in [6.07, 6.45) is -0.552. The first-order chi connectivity index (χ1) is 9.19. The lowest BCUT2D eigenvalue weighted by Crippen LogP contribution is -2.27. The van der Waals surface area contributed by atoms with E-state index in [1.807, 2.05) is 0 Å². The maximum Gasteiger partial charge on any atom is 0.412 e. The molecule has 0 aliphatic rings. The highest BCUT2D eigenvalue weighted by Gasteiger charge is 2.17. The number of amides is 2. The van der Waals surface area contributed by atoms with Crippen molar-refractivity contribution in [3.8, 4) is 0 Å². The Balaban J connectivity index is 2.80.